The summed E-state index contributed by atoms with van der Waals surface area (Å²) in [7, 11) is -4.32. The van der Waals surface area contributed by atoms with Crippen molar-refractivity contribution in [1.29, 1.82) is 0 Å². The summed E-state index contributed by atoms with van der Waals surface area (Å²) in [5.74, 6) is -0.271. The second kappa shape index (κ2) is 9.74. The number of amides is 1. The number of carbonyl (C=O) groups excluding carboxylic acids is 1. The fraction of sp³-hybridized carbons (Fsp3) is 0.588. The van der Waals surface area contributed by atoms with E-state index in [9.17, 15) is 17.8 Å². The highest BCUT2D eigenvalue weighted by molar-refractivity contribution is 7.85. The molecule has 25 heavy (non-hydrogen) atoms. The molecule has 1 aromatic carbocycles. The first-order valence-corrected chi connectivity index (χ1v) is 9.98. The average molecular weight is 370 g/mol. The van der Waals surface area contributed by atoms with Crippen molar-refractivity contribution in [1.82, 2.24) is 5.32 Å². The Morgan fingerprint density at radius 2 is 2.12 bits per heavy atom. The predicted octanol–water partition coefficient (Wildman–Crippen LogP) is 2.03. The number of benzene rings is 1. The van der Waals surface area contributed by atoms with E-state index in [0.29, 0.717) is 13.0 Å². The number of carbonyl (C=O) groups is 1. The molecule has 0 spiro atoms. The first-order chi connectivity index (χ1) is 11.9. The molecule has 0 bridgehead atoms. The van der Waals surface area contributed by atoms with Crippen molar-refractivity contribution in [2.24, 2.45) is 5.92 Å². The maximum Gasteiger partial charge on any atom is 0.407 e. The van der Waals surface area contributed by atoms with Crippen LogP contribution < -0.4 is 5.32 Å². The summed E-state index contributed by atoms with van der Waals surface area (Å²) in [6, 6.07) is 8.82. The number of nitrogens with one attached hydrogen (secondary N) is 1. The third-order valence-electron chi connectivity index (χ3n) is 4.12. The predicted molar refractivity (Wildman–Crippen MR) is 90.9 cm³/mol. The van der Waals surface area contributed by atoms with E-state index >= 15 is 0 Å². The van der Waals surface area contributed by atoms with Gasteiger partial charge in [0.2, 0.25) is 0 Å². The van der Waals surface area contributed by atoms with Gasteiger partial charge < -0.3 is 19.3 Å². The lowest BCUT2D eigenvalue weighted by Gasteiger charge is -2.27. The Kier molecular flexibility index (Phi) is 7.67. The van der Waals surface area contributed by atoms with Gasteiger partial charge in [0.15, 0.2) is 0 Å². The molecular weight excluding hydrogens is 346 g/mol. The summed E-state index contributed by atoms with van der Waals surface area (Å²) in [6.07, 6.45) is 1.92. The summed E-state index contributed by atoms with van der Waals surface area (Å²) in [5, 5.41) is 2.69. The molecule has 1 N–H and O–H groups in total. The van der Waals surface area contributed by atoms with Crippen molar-refractivity contribution < 1.29 is 27.2 Å². The minimum Gasteiger partial charge on any atom is -0.748 e. The number of rotatable bonds is 8. The van der Waals surface area contributed by atoms with Crippen LogP contribution in [0.15, 0.2) is 30.3 Å². The molecule has 2 atom stereocenters. The first kappa shape index (κ1) is 19.7. The van der Waals surface area contributed by atoms with Gasteiger partial charge >= 0.3 is 6.09 Å². The van der Waals surface area contributed by atoms with Gasteiger partial charge in [-0.25, -0.2) is 13.2 Å². The zero-order valence-electron chi connectivity index (χ0n) is 14.1. The van der Waals surface area contributed by atoms with E-state index in [1.165, 1.54) is 0 Å². The molecule has 140 valence electrons. The van der Waals surface area contributed by atoms with Crippen molar-refractivity contribution in [3.8, 4) is 0 Å². The first-order valence-electron chi connectivity index (χ1n) is 8.41. The average Bonchev–Trinajstić information content (AvgIpc) is 2.59. The van der Waals surface area contributed by atoms with Gasteiger partial charge in [-0.2, -0.15) is 0 Å². The molecule has 0 unspecified atom stereocenters. The van der Waals surface area contributed by atoms with E-state index in [4.69, 9.17) is 9.47 Å². The monoisotopic (exact) mass is 370 g/mol. The Balaban J connectivity index is 1.85. The van der Waals surface area contributed by atoms with Crippen LogP contribution in [0.1, 0.15) is 31.2 Å². The summed E-state index contributed by atoms with van der Waals surface area (Å²) in [5.41, 5.74) is 0.858. The summed E-state index contributed by atoms with van der Waals surface area (Å²) in [6.45, 7) is 1.44. The zero-order valence-corrected chi connectivity index (χ0v) is 14.9. The van der Waals surface area contributed by atoms with Crippen molar-refractivity contribution in [3.63, 3.8) is 0 Å². The molecule has 2 rings (SSSR count). The van der Waals surface area contributed by atoms with Crippen LogP contribution in [0.25, 0.3) is 0 Å². The van der Waals surface area contributed by atoms with Crippen LogP contribution in [0.3, 0.4) is 0 Å². The number of hydrogen-bond acceptors (Lipinski definition) is 6. The molecule has 1 fully saturated rings. The highest BCUT2D eigenvalue weighted by atomic mass is 32.2. The molecule has 1 aliphatic rings. The number of alkyl carbamates (subject to hydrolysis) is 1. The fourth-order valence-corrected chi connectivity index (χ4v) is 3.44. The van der Waals surface area contributed by atoms with Crippen molar-refractivity contribution >= 4 is 16.2 Å². The number of hydrogen-bond donors (Lipinski definition) is 1. The van der Waals surface area contributed by atoms with Crippen LogP contribution in [0.2, 0.25) is 0 Å². The lowest BCUT2D eigenvalue weighted by Crippen LogP contribution is -2.39. The Hall–Kier alpha value is -1.64. The largest absolute Gasteiger partial charge is 0.748 e. The third kappa shape index (κ3) is 8.33. The molecule has 0 aromatic heterocycles. The smallest absolute Gasteiger partial charge is 0.407 e. The van der Waals surface area contributed by atoms with Gasteiger partial charge in [-0.1, -0.05) is 30.3 Å². The molecule has 1 aromatic rings. The Labute approximate surface area is 148 Å². The fourth-order valence-electron chi connectivity index (χ4n) is 2.86. The Morgan fingerprint density at radius 3 is 2.76 bits per heavy atom. The van der Waals surface area contributed by atoms with Gasteiger partial charge in [0.25, 0.3) is 0 Å². The lowest BCUT2D eigenvalue weighted by atomic mass is 9.93. The summed E-state index contributed by atoms with van der Waals surface area (Å²) < 4.78 is 43.3. The number of ether oxygens (including phenoxy) is 2. The molecule has 0 saturated carbocycles. The van der Waals surface area contributed by atoms with Crippen LogP contribution >= 0.6 is 0 Å². The highest BCUT2D eigenvalue weighted by Crippen LogP contribution is 2.20. The van der Waals surface area contributed by atoms with Gasteiger partial charge in [0, 0.05) is 25.0 Å². The SMILES string of the molecule is O=C(N[C@H](CCS(=O)(=O)[O-])C[C@H]1CCCOC1)OCc1ccccc1. The van der Waals surface area contributed by atoms with Gasteiger partial charge in [0.05, 0.1) is 10.1 Å². The molecule has 1 aliphatic heterocycles. The molecule has 8 heteroatoms. The standard InChI is InChI=1S/C17H25NO6S/c19-17(24-13-14-5-2-1-3-6-14)18-16(8-10-25(20,21)22)11-15-7-4-9-23-12-15/h1-3,5-6,15-16H,4,7-13H2,(H,18,19)(H,20,21,22)/p-1/t15-,16-/m1/s1. The van der Waals surface area contributed by atoms with Crippen LogP contribution in [-0.4, -0.2) is 44.1 Å². The van der Waals surface area contributed by atoms with Gasteiger partial charge in [-0.3, -0.25) is 0 Å². The normalized spacial score (nSPS) is 19.2. The van der Waals surface area contributed by atoms with Crippen molar-refractivity contribution in [2.45, 2.75) is 38.3 Å². The molecule has 1 saturated heterocycles. The molecule has 7 nitrogen and oxygen atoms in total. The van der Waals surface area contributed by atoms with E-state index in [1.807, 2.05) is 30.3 Å². The van der Waals surface area contributed by atoms with Gasteiger partial charge in [-0.05, 0) is 37.2 Å². The van der Waals surface area contributed by atoms with Gasteiger partial charge in [-0.15, -0.1) is 0 Å². The molecular formula is C17H24NO6S-. The van der Waals surface area contributed by atoms with E-state index in [1.54, 1.807) is 0 Å². The van der Waals surface area contributed by atoms with Crippen LogP contribution in [-0.2, 0) is 26.2 Å². The highest BCUT2D eigenvalue weighted by Gasteiger charge is 2.22. The van der Waals surface area contributed by atoms with E-state index < -0.39 is 28.0 Å². The lowest BCUT2D eigenvalue weighted by molar-refractivity contribution is 0.0467. The topological polar surface area (TPSA) is 105 Å². The second-order valence-corrected chi connectivity index (χ2v) is 7.80. The summed E-state index contributed by atoms with van der Waals surface area (Å²) >= 11 is 0. The van der Waals surface area contributed by atoms with Crippen LogP contribution in [0, 0.1) is 5.92 Å². The van der Waals surface area contributed by atoms with Crippen LogP contribution in [0.5, 0.6) is 0 Å². The minimum atomic E-state index is -4.32. The third-order valence-corrected chi connectivity index (χ3v) is 4.86. The quantitative estimate of drug-likeness (QED) is 0.702. The van der Waals surface area contributed by atoms with Crippen LogP contribution in [0.4, 0.5) is 4.79 Å². The second-order valence-electron chi connectivity index (χ2n) is 6.27. The van der Waals surface area contributed by atoms with E-state index in [0.717, 1.165) is 25.0 Å². The van der Waals surface area contributed by atoms with Gasteiger partial charge in [0.1, 0.15) is 6.61 Å². The Bertz CT molecular complexity index is 628. The van der Waals surface area contributed by atoms with Crippen molar-refractivity contribution in [3.05, 3.63) is 35.9 Å². The molecule has 1 heterocycles. The molecule has 1 amide bonds. The maximum atomic E-state index is 12.0. The van der Waals surface area contributed by atoms with E-state index in [-0.39, 0.29) is 18.9 Å². The summed E-state index contributed by atoms with van der Waals surface area (Å²) in [4.78, 5) is 12.0. The maximum absolute atomic E-state index is 12.0. The molecule has 0 radical (unpaired) electrons. The Morgan fingerprint density at radius 1 is 1.36 bits per heavy atom. The van der Waals surface area contributed by atoms with E-state index in [2.05, 4.69) is 5.32 Å². The van der Waals surface area contributed by atoms with Crippen molar-refractivity contribution in [2.75, 3.05) is 19.0 Å². The zero-order chi connectivity index (χ0) is 18.1. The molecule has 0 aliphatic carbocycles. The minimum absolute atomic E-state index is 0.0722.